The van der Waals surface area contributed by atoms with Crippen LogP contribution in [-0.4, -0.2) is 16.1 Å². The van der Waals surface area contributed by atoms with Crippen LogP contribution in [0.1, 0.15) is 23.4 Å². The van der Waals surface area contributed by atoms with Gasteiger partial charge in [-0.25, -0.2) is 0 Å². The maximum Gasteiger partial charge on any atom is 0.247 e. The lowest BCUT2D eigenvalue weighted by molar-refractivity contribution is -0.116. The molecule has 0 saturated heterocycles. The number of nitriles is 1. The molecule has 0 aliphatic carbocycles. The lowest BCUT2D eigenvalue weighted by Gasteiger charge is -2.05. The average molecular weight is 332 g/mol. The summed E-state index contributed by atoms with van der Waals surface area (Å²) in [7, 11) is 0. The van der Waals surface area contributed by atoms with E-state index in [9.17, 15) is 4.79 Å². The van der Waals surface area contributed by atoms with Gasteiger partial charge in [-0.15, -0.1) is 10.2 Å². The molecular weight excluding hydrogens is 316 g/mol. The van der Waals surface area contributed by atoms with Gasteiger partial charge in [-0.1, -0.05) is 29.8 Å². The van der Waals surface area contributed by atoms with Crippen LogP contribution in [0.4, 0.5) is 5.69 Å². The Labute approximate surface area is 145 Å². The fourth-order valence-electron chi connectivity index (χ4n) is 2.29. The molecule has 0 aliphatic heterocycles. The Morgan fingerprint density at radius 3 is 2.68 bits per heavy atom. The first-order valence-corrected chi connectivity index (χ1v) is 7.84. The van der Waals surface area contributed by atoms with E-state index < -0.39 is 0 Å². The van der Waals surface area contributed by atoms with Gasteiger partial charge in [0, 0.05) is 18.4 Å². The Morgan fingerprint density at radius 1 is 1.16 bits per heavy atom. The minimum Gasteiger partial charge on any atom is -0.421 e. The van der Waals surface area contributed by atoms with Crippen molar-refractivity contribution < 1.29 is 9.21 Å². The normalized spacial score (nSPS) is 10.2. The number of amides is 1. The highest BCUT2D eigenvalue weighted by atomic mass is 16.4. The van der Waals surface area contributed by atoms with Gasteiger partial charge < -0.3 is 9.73 Å². The molecule has 6 heteroatoms. The molecule has 3 rings (SSSR count). The summed E-state index contributed by atoms with van der Waals surface area (Å²) in [6.45, 7) is 2.01. The van der Waals surface area contributed by atoms with Gasteiger partial charge in [0.15, 0.2) is 0 Å². The number of nitrogens with one attached hydrogen (secondary N) is 1. The largest absolute Gasteiger partial charge is 0.421 e. The van der Waals surface area contributed by atoms with Crippen LogP contribution in [0.3, 0.4) is 0 Å². The third kappa shape index (κ3) is 4.09. The van der Waals surface area contributed by atoms with Crippen molar-refractivity contribution in [2.45, 2.75) is 19.8 Å². The first-order chi connectivity index (χ1) is 12.2. The molecule has 0 unspecified atom stereocenters. The number of benzene rings is 2. The topological polar surface area (TPSA) is 91.8 Å². The minimum atomic E-state index is -0.210. The van der Waals surface area contributed by atoms with Crippen molar-refractivity contribution in [2.75, 3.05) is 5.32 Å². The van der Waals surface area contributed by atoms with Crippen molar-refractivity contribution in [3.8, 4) is 17.5 Å². The standard InChI is InChI=1S/C19H16N4O2/c1-13-6-8-14(9-7-13)19-23-22-18(25-19)11-10-17(24)21-16-5-3-2-4-15(16)12-20/h2-9H,10-11H2,1H3,(H,21,24). The number of hydrogen-bond donors (Lipinski definition) is 1. The molecule has 1 heterocycles. The molecule has 2 aromatic carbocycles. The highest BCUT2D eigenvalue weighted by Crippen LogP contribution is 2.19. The summed E-state index contributed by atoms with van der Waals surface area (Å²) in [5.41, 5.74) is 2.92. The molecule has 3 aromatic rings. The Balaban J connectivity index is 1.59. The van der Waals surface area contributed by atoms with E-state index >= 15 is 0 Å². The number of hydrogen-bond acceptors (Lipinski definition) is 5. The van der Waals surface area contributed by atoms with E-state index in [2.05, 4.69) is 15.5 Å². The predicted octanol–water partition coefficient (Wildman–Crippen LogP) is 3.49. The molecule has 25 heavy (non-hydrogen) atoms. The zero-order valence-electron chi connectivity index (χ0n) is 13.7. The van der Waals surface area contributed by atoms with Crippen molar-refractivity contribution in [2.24, 2.45) is 0 Å². The number of rotatable bonds is 5. The molecule has 0 aliphatic rings. The van der Waals surface area contributed by atoms with Crippen LogP contribution < -0.4 is 5.32 Å². The van der Waals surface area contributed by atoms with E-state index in [1.807, 2.05) is 37.3 Å². The zero-order chi connectivity index (χ0) is 17.6. The molecule has 0 atom stereocenters. The molecule has 0 fully saturated rings. The Bertz CT molecular complexity index is 923. The maximum absolute atomic E-state index is 12.1. The number of carbonyl (C=O) groups is 1. The number of carbonyl (C=O) groups excluding carboxylic acids is 1. The van der Waals surface area contributed by atoms with E-state index in [0.29, 0.717) is 29.5 Å². The van der Waals surface area contributed by atoms with Crippen LogP contribution in [0.2, 0.25) is 0 Å². The Hall–Kier alpha value is -3.46. The summed E-state index contributed by atoms with van der Waals surface area (Å²) < 4.78 is 5.60. The summed E-state index contributed by atoms with van der Waals surface area (Å²) >= 11 is 0. The van der Waals surface area contributed by atoms with Crippen molar-refractivity contribution in [3.63, 3.8) is 0 Å². The second kappa shape index (κ2) is 7.41. The smallest absolute Gasteiger partial charge is 0.247 e. The minimum absolute atomic E-state index is 0.190. The number of aromatic nitrogens is 2. The van der Waals surface area contributed by atoms with Crippen LogP contribution in [0.15, 0.2) is 52.9 Å². The van der Waals surface area contributed by atoms with Crippen molar-refractivity contribution in [1.82, 2.24) is 10.2 Å². The van der Waals surface area contributed by atoms with Crippen molar-refractivity contribution in [3.05, 3.63) is 65.5 Å². The molecule has 1 N–H and O–H groups in total. The Kier molecular flexibility index (Phi) is 4.86. The highest BCUT2D eigenvalue weighted by Gasteiger charge is 2.11. The fraction of sp³-hybridized carbons (Fsp3) is 0.158. The average Bonchev–Trinajstić information content (AvgIpc) is 3.10. The van der Waals surface area contributed by atoms with Crippen LogP contribution >= 0.6 is 0 Å². The molecule has 0 radical (unpaired) electrons. The van der Waals surface area contributed by atoms with Gasteiger partial charge in [0.1, 0.15) is 6.07 Å². The van der Waals surface area contributed by atoms with Gasteiger partial charge in [0.05, 0.1) is 11.3 Å². The number of nitrogens with zero attached hydrogens (tertiary/aromatic N) is 3. The molecule has 1 aromatic heterocycles. The van der Waals surface area contributed by atoms with Gasteiger partial charge in [-0.05, 0) is 31.2 Å². The monoisotopic (exact) mass is 332 g/mol. The molecule has 0 spiro atoms. The summed E-state index contributed by atoms with van der Waals surface area (Å²) in [6.07, 6.45) is 0.523. The fourth-order valence-corrected chi connectivity index (χ4v) is 2.29. The molecule has 0 saturated carbocycles. The summed E-state index contributed by atoms with van der Waals surface area (Å²) in [5.74, 6) is 0.627. The third-order valence-electron chi connectivity index (χ3n) is 3.65. The quantitative estimate of drug-likeness (QED) is 0.772. The lowest BCUT2D eigenvalue weighted by Crippen LogP contribution is -2.13. The van der Waals surface area contributed by atoms with Crippen molar-refractivity contribution >= 4 is 11.6 Å². The highest BCUT2D eigenvalue weighted by molar-refractivity contribution is 5.92. The molecule has 0 bridgehead atoms. The van der Waals surface area contributed by atoms with Gasteiger partial charge in [-0.3, -0.25) is 4.79 Å². The second-order valence-corrected chi connectivity index (χ2v) is 5.57. The SMILES string of the molecule is Cc1ccc(-c2nnc(CCC(=O)Nc3ccccc3C#N)o2)cc1. The third-order valence-corrected chi connectivity index (χ3v) is 3.65. The predicted molar refractivity (Wildman–Crippen MR) is 92.6 cm³/mol. The number of para-hydroxylation sites is 1. The van der Waals surface area contributed by atoms with E-state index in [1.165, 1.54) is 0 Å². The molecule has 124 valence electrons. The van der Waals surface area contributed by atoms with E-state index in [1.54, 1.807) is 24.3 Å². The summed E-state index contributed by atoms with van der Waals surface area (Å²) in [6, 6.07) is 16.7. The first kappa shape index (κ1) is 16.4. The summed E-state index contributed by atoms with van der Waals surface area (Å²) in [4.78, 5) is 12.1. The van der Waals surface area contributed by atoms with Crippen LogP contribution in [0, 0.1) is 18.3 Å². The van der Waals surface area contributed by atoms with Crippen LogP contribution in [-0.2, 0) is 11.2 Å². The van der Waals surface area contributed by atoms with Crippen LogP contribution in [0.25, 0.3) is 11.5 Å². The van der Waals surface area contributed by atoms with E-state index in [-0.39, 0.29) is 12.3 Å². The Morgan fingerprint density at radius 2 is 1.92 bits per heavy atom. The second-order valence-electron chi connectivity index (χ2n) is 5.57. The van der Waals surface area contributed by atoms with Crippen LogP contribution in [0.5, 0.6) is 0 Å². The zero-order valence-corrected chi connectivity index (χ0v) is 13.7. The van der Waals surface area contributed by atoms with Gasteiger partial charge in [-0.2, -0.15) is 5.26 Å². The van der Waals surface area contributed by atoms with E-state index in [0.717, 1.165) is 11.1 Å². The molecule has 6 nitrogen and oxygen atoms in total. The van der Waals surface area contributed by atoms with Gasteiger partial charge in [0.2, 0.25) is 17.7 Å². The van der Waals surface area contributed by atoms with Crippen molar-refractivity contribution in [1.29, 1.82) is 5.26 Å². The van der Waals surface area contributed by atoms with Gasteiger partial charge >= 0.3 is 0 Å². The van der Waals surface area contributed by atoms with Gasteiger partial charge in [0.25, 0.3) is 0 Å². The number of aryl methyl sites for hydroxylation is 2. The maximum atomic E-state index is 12.1. The number of anilines is 1. The first-order valence-electron chi connectivity index (χ1n) is 7.84. The summed E-state index contributed by atoms with van der Waals surface area (Å²) in [5, 5.41) is 19.8. The molecule has 1 amide bonds. The lowest BCUT2D eigenvalue weighted by atomic mass is 10.1. The van der Waals surface area contributed by atoms with E-state index in [4.69, 9.17) is 9.68 Å². The molecular formula is C19H16N4O2.